The molecule has 0 N–H and O–H groups in total. The van der Waals surface area contributed by atoms with Gasteiger partial charge in [0.1, 0.15) is 0 Å². The van der Waals surface area contributed by atoms with Gasteiger partial charge in [0.05, 0.1) is 13.2 Å². The summed E-state index contributed by atoms with van der Waals surface area (Å²) in [6.07, 6.45) is 3.70. The zero-order chi connectivity index (χ0) is 16.9. The van der Waals surface area contributed by atoms with Gasteiger partial charge >= 0.3 is 0 Å². The first-order valence-corrected chi connectivity index (χ1v) is 9.23. The summed E-state index contributed by atoms with van der Waals surface area (Å²) in [5, 5.41) is 0.815. The summed E-state index contributed by atoms with van der Waals surface area (Å²) in [7, 11) is 0. The van der Waals surface area contributed by atoms with Gasteiger partial charge < -0.3 is 4.74 Å². The number of rotatable bonds is 7. The topological polar surface area (TPSA) is 12.5 Å². The molecule has 2 nitrogen and oxygen atoms in total. The monoisotopic (exact) mass is 337 g/mol. The quantitative estimate of drug-likeness (QED) is 0.682. The number of ether oxygens (including phenoxy) is 1. The Morgan fingerprint density at radius 3 is 2.17 bits per heavy atom. The Bertz CT molecular complexity index is 475. The third-order valence-electron chi connectivity index (χ3n) is 5.26. The van der Waals surface area contributed by atoms with Crippen molar-refractivity contribution in [2.75, 3.05) is 32.8 Å². The van der Waals surface area contributed by atoms with Crippen LogP contribution in [-0.2, 0) is 10.2 Å². The maximum atomic E-state index is 6.01. The molecule has 0 aliphatic carbocycles. The molecule has 1 fully saturated rings. The third kappa shape index (κ3) is 6.10. The summed E-state index contributed by atoms with van der Waals surface area (Å²) in [5.41, 5.74) is 1.95. The fourth-order valence-electron chi connectivity index (χ4n) is 3.11. The largest absolute Gasteiger partial charge is 0.379 e. The molecule has 0 unspecified atom stereocenters. The minimum atomic E-state index is 0.195. The molecule has 3 heteroatoms. The van der Waals surface area contributed by atoms with Crippen LogP contribution in [0.3, 0.4) is 0 Å². The highest BCUT2D eigenvalue weighted by atomic mass is 35.5. The van der Waals surface area contributed by atoms with Gasteiger partial charge in [-0.3, -0.25) is 4.90 Å². The molecule has 0 saturated carbocycles. The van der Waals surface area contributed by atoms with Crippen LogP contribution in [0, 0.1) is 5.41 Å². The van der Waals surface area contributed by atoms with Gasteiger partial charge in [0, 0.05) is 18.1 Å². The van der Waals surface area contributed by atoms with Gasteiger partial charge in [0.15, 0.2) is 0 Å². The molecule has 0 aromatic heterocycles. The van der Waals surface area contributed by atoms with Crippen LogP contribution in [0.25, 0.3) is 0 Å². The molecule has 130 valence electrons. The minimum Gasteiger partial charge on any atom is -0.379 e. The summed E-state index contributed by atoms with van der Waals surface area (Å²) in [6.45, 7) is 14.7. The van der Waals surface area contributed by atoms with E-state index in [1.54, 1.807) is 0 Å². The minimum absolute atomic E-state index is 0.195. The number of nitrogens with zero attached hydrogens (tertiary/aromatic N) is 1. The second kappa shape index (κ2) is 8.00. The molecule has 1 aromatic rings. The van der Waals surface area contributed by atoms with Crippen LogP contribution in [0.1, 0.15) is 52.5 Å². The average Bonchev–Trinajstić information content (AvgIpc) is 2.53. The molecule has 1 saturated heterocycles. The second-order valence-electron chi connectivity index (χ2n) is 8.26. The molecular weight excluding hydrogens is 306 g/mol. The summed E-state index contributed by atoms with van der Waals surface area (Å²) in [6, 6.07) is 8.34. The highest BCUT2D eigenvalue weighted by Crippen LogP contribution is 2.36. The predicted molar refractivity (Wildman–Crippen MR) is 99.4 cm³/mol. The SMILES string of the molecule is CC(C)(CCN1CCOCC1)CCC(C)(C)c1ccc(Cl)cc1. The molecule has 0 radical (unpaired) electrons. The molecule has 1 aromatic carbocycles. The Labute approximate surface area is 147 Å². The van der Waals surface area contributed by atoms with Gasteiger partial charge in [-0.25, -0.2) is 0 Å². The predicted octanol–water partition coefficient (Wildman–Crippen LogP) is 5.15. The van der Waals surface area contributed by atoms with Crippen molar-refractivity contribution in [1.29, 1.82) is 0 Å². The van der Waals surface area contributed by atoms with Crippen LogP contribution in [0.5, 0.6) is 0 Å². The van der Waals surface area contributed by atoms with Crippen LogP contribution in [0.2, 0.25) is 5.02 Å². The van der Waals surface area contributed by atoms with Crippen molar-refractivity contribution in [3.05, 3.63) is 34.9 Å². The van der Waals surface area contributed by atoms with Crippen molar-refractivity contribution in [2.45, 2.75) is 52.4 Å². The summed E-state index contributed by atoms with van der Waals surface area (Å²) >= 11 is 6.01. The summed E-state index contributed by atoms with van der Waals surface area (Å²) in [4.78, 5) is 2.54. The lowest BCUT2D eigenvalue weighted by atomic mass is 9.74. The van der Waals surface area contributed by atoms with Crippen LogP contribution in [0.4, 0.5) is 0 Å². The first-order chi connectivity index (χ1) is 10.8. The van der Waals surface area contributed by atoms with Crippen molar-refractivity contribution >= 4 is 11.6 Å². The molecule has 0 bridgehead atoms. The third-order valence-corrected chi connectivity index (χ3v) is 5.51. The first kappa shape index (κ1) is 18.8. The van der Waals surface area contributed by atoms with Crippen LogP contribution in [0.15, 0.2) is 24.3 Å². The van der Waals surface area contributed by atoms with Gasteiger partial charge in [-0.15, -0.1) is 0 Å². The van der Waals surface area contributed by atoms with Crippen LogP contribution in [-0.4, -0.2) is 37.7 Å². The smallest absolute Gasteiger partial charge is 0.0594 e. The van der Waals surface area contributed by atoms with E-state index in [4.69, 9.17) is 16.3 Å². The maximum absolute atomic E-state index is 6.01. The van der Waals surface area contributed by atoms with Crippen molar-refractivity contribution in [3.63, 3.8) is 0 Å². The Morgan fingerprint density at radius 1 is 0.957 bits per heavy atom. The van der Waals surface area contributed by atoms with E-state index in [1.165, 1.54) is 31.4 Å². The van der Waals surface area contributed by atoms with Gasteiger partial charge in [-0.1, -0.05) is 51.4 Å². The molecule has 1 heterocycles. The molecular formula is C20H32ClNO. The van der Waals surface area contributed by atoms with Crippen molar-refractivity contribution < 1.29 is 4.74 Å². The average molecular weight is 338 g/mol. The zero-order valence-corrected chi connectivity index (χ0v) is 16.0. The first-order valence-electron chi connectivity index (χ1n) is 8.85. The molecule has 23 heavy (non-hydrogen) atoms. The van der Waals surface area contributed by atoms with Crippen molar-refractivity contribution in [1.82, 2.24) is 4.90 Å². The molecule has 1 aliphatic rings. The van der Waals surface area contributed by atoms with Crippen molar-refractivity contribution in [2.24, 2.45) is 5.41 Å². The highest BCUT2D eigenvalue weighted by molar-refractivity contribution is 6.30. The number of morpholine rings is 1. The van der Waals surface area contributed by atoms with E-state index in [1.807, 2.05) is 12.1 Å². The van der Waals surface area contributed by atoms with E-state index in [9.17, 15) is 0 Å². The molecule has 0 atom stereocenters. The van der Waals surface area contributed by atoms with E-state index >= 15 is 0 Å². The fraction of sp³-hybridized carbons (Fsp3) is 0.700. The number of halogens is 1. The van der Waals surface area contributed by atoms with Gasteiger partial charge in [0.25, 0.3) is 0 Å². The normalized spacial score (nSPS) is 17.4. The summed E-state index contributed by atoms with van der Waals surface area (Å²) < 4.78 is 5.43. The van der Waals surface area contributed by atoms with Crippen molar-refractivity contribution in [3.8, 4) is 0 Å². The number of hydrogen-bond acceptors (Lipinski definition) is 2. The van der Waals surface area contributed by atoms with E-state index in [-0.39, 0.29) is 5.41 Å². The van der Waals surface area contributed by atoms with E-state index < -0.39 is 0 Å². The van der Waals surface area contributed by atoms with Gasteiger partial charge in [-0.2, -0.15) is 0 Å². The molecule has 1 aliphatic heterocycles. The van der Waals surface area contributed by atoms with E-state index in [2.05, 4.69) is 44.7 Å². The van der Waals surface area contributed by atoms with E-state index in [0.29, 0.717) is 5.41 Å². The summed E-state index contributed by atoms with van der Waals surface area (Å²) in [5.74, 6) is 0. The standard InChI is InChI=1S/C20H32ClNO/c1-19(2,11-12-22-13-15-23-16-14-22)9-10-20(3,4)17-5-7-18(21)8-6-17/h5-8H,9-16H2,1-4H3. The highest BCUT2D eigenvalue weighted by Gasteiger charge is 2.26. The lowest BCUT2D eigenvalue weighted by Gasteiger charge is -2.34. The molecule has 2 rings (SSSR count). The Kier molecular flexibility index (Phi) is 6.53. The Hall–Kier alpha value is -0.570. The molecule has 0 amide bonds. The lowest BCUT2D eigenvalue weighted by Crippen LogP contribution is -2.38. The zero-order valence-electron chi connectivity index (χ0n) is 15.2. The fourth-order valence-corrected chi connectivity index (χ4v) is 3.23. The van der Waals surface area contributed by atoms with Gasteiger partial charge in [-0.05, 0) is 54.3 Å². The van der Waals surface area contributed by atoms with Gasteiger partial charge in [0.2, 0.25) is 0 Å². The lowest BCUT2D eigenvalue weighted by molar-refractivity contribution is 0.0319. The second-order valence-corrected chi connectivity index (χ2v) is 8.70. The Balaban J connectivity index is 1.83. The maximum Gasteiger partial charge on any atom is 0.0594 e. The number of hydrogen-bond donors (Lipinski definition) is 0. The molecule has 0 spiro atoms. The van der Waals surface area contributed by atoms with Crippen LogP contribution < -0.4 is 0 Å². The van der Waals surface area contributed by atoms with E-state index in [0.717, 1.165) is 31.3 Å². The number of benzene rings is 1. The van der Waals surface area contributed by atoms with Crippen LogP contribution >= 0.6 is 11.6 Å². The Morgan fingerprint density at radius 2 is 1.57 bits per heavy atom.